The summed E-state index contributed by atoms with van der Waals surface area (Å²) < 4.78 is 0. The van der Waals surface area contributed by atoms with Crippen LogP contribution in [-0.2, 0) is 0 Å². The monoisotopic (exact) mass is 268 g/mol. The first kappa shape index (κ1) is 20.1. The van der Waals surface area contributed by atoms with Gasteiger partial charge in [-0.2, -0.15) is 0 Å². The SMILES string of the molecule is OC1CCC(O)CC1.OCCCCO.OCCO. The predicted octanol–water partition coefficient (Wildman–Crippen LogP) is -0.996. The van der Waals surface area contributed by atoms with Gasteiger partial charge in [-0.15, -0.1) is 0 Å². The summed E-state index contributed by atoms with van der Waals surface area (Å²) in [6.45, 7) is 0.140. The molecule has 6 N–H and O–H groups in total. The highest BCUT2D eigenvalue weighted by molar-refractivity contribution is 4.69. The smallest absolute Gasteiger partial charge is 0.0662 e. The van der Waals surface area contributed by atoms with E-state index < -0.39 is 0 Å². The molecule has 0 unspecified atom stereocenters. The van der Waals surface area contributed by atoms with Gasteiger partial charge in [0, 0.05) is 13.2 Å². The van der Waals surface area contributed by atoms with E-state index in [9.17, 15) is 0 Å². The Labute approximate surface area is 109 Å². The van der Waals surface area contributed by atoms with Crippen molar-refractivity contribution in [3.63, 3.8) is 0 Å². The maximum absolute atomic E-state index is 8.92. The van der Waals surface area contributed by atoms with Crippen LogP contribution < -0.4 is 0 Å². The van der Waals surface area contributed by atoms with Crippen LogP contribution in [0.3, 0.4) is 0 Å². The Bertz CT molecular complexity index is 121. The molecule has 1 rings (SSSR count). The van der Waals surface area contributed by atoms with Crippen LogP contribution in [0.4, 0.5) is 0 Å². The molecule has 0 aromatic carbocycles. The summed E-state index contributed by atoms with van der Waals surface area (Å²) in [4.78, 5) is 0. The Morgan fingerprint density at radius 1 is 0.556 bits per heavy atom. The highest BCUT2D eigenvalue weighted by Gasteiger charge is 2.15. The average Bonchev–Trinajstić information content (AvgIpc) is 2.41. The third kappa shape index (κ3) is 18.1. The third-order valence-electron chi connectivity index (χ3n) is 2.33. The Morgan fingerprint density at radius 3 is 1.00 bits per heavy atom. The van der Waals surface area contributed by atoms with E-state index in [1.54, 1.807) is 0 Å². The van der Waals surface area contributed by atoms with Crippen LogP contribution in [0.5, 0.6) is 0 Å². The minimum absolute atomic E-state index is 0.125. The molecular weight excluding hydrogens is 240 g/mol. The summed E-state index contributed by atoms with van der Waals surface area (Å²) in [6, 6.07) is 0. The van der Waals surface area contributed by atoms with Crippen molar-refractivity contribution in [3.8, 4) is 0 Å². The molecule has 0 heterocycles. The van der Waals surface area contributed by atoms with Crippen molar-refractivity contribution in [1.82, 2.24) is 0 Å². The molecule has 1 aliphatic carbocycles. The van der Waals surface area contributed by atoms with Gasteiger partial charge in [-0.25, -0.2) is 0 Å². The minimum atomic E-state index is -0.140. The van der Waals surface area contributed by atoms with Crippen LogP contribution in [0.2, 0.25) is 0 Å². The topological polar surface area (TPSA) is 121 Å². The first-order valence-corrected chi connectivity index (χ1v) is 6.41. The number of rotatable bonds is 4. The predicted molar refractivity (Wildman–Crippen MR) is 68.1 cm³/mol. The highest BCUT2D eigenvalue weighted by atomic mass is 16.3. The van der Waals surface area contributed by atoms with Crippen LogP contribution in [0.1, 0.15) is 38.5 Å². The van der Waals surface area contributed by atoms with E-state index in [-0.39, 0.29) is 38.6 Å². The number of hydrogen-bond acceptors (Lipinski definition) is 6. The van der Waals surface area contributed by atoms with Crippen LogP contribution in [-0.4, -0.2) is 69.3 Å². The zero-order valence-electron chi connectivity index (χ0n) is 10.9. The Kier molecular flexibility index (Phi) is 18.7. The number of aliphatic hydroxyl groups excluding tert-OH is 6. The quantitative estimate of drug-likeness (QED) is 0.364. The largest absolute Gasteiger partial charge is 0.396 e. The molecule has 6 heteroatoms. The molecule has 0 aliphatic heterocycles. The zero-order valence-corrected chi connectivity index (χ0v) is 10.9. The van der Waals surface area contributed by atoms with E-state index in [1.165, 1.54) is 0 Å². The van der Waals surface area contributed by atoms with Gasteiger partial charge in [0.05, 0.1) is 25.4 Å². The normalized spacial score (nSPS) is 22.3. The summed E-state index contributed by atoms with van der Waals surface area (Å²) in [5, 5.41) is 49.3. The van der Waals surface area contributed by atoms with E-state index in [4.69, 9.17) is 30.6 Å². The van der Waals surface area contributed by atoms with Crippen LogP contribution in [0, 0.1) is 0 Å². The van der Waals surface area contributed by atoms with Gasteiger partial charge in [-0.3, -0.25) is 0 Å². The summed E-state index contributed by atoms with van der Waals surface area (Å²) in [5.74, 6) is 0. The van der Waals surface area contributed by atoms with E-state index in [1.807, 2.05) is 0 Å². The maximum atomic E-state index is 8.92. The second-order valence-corrected chi connectivity index (χ2v) is 4.06. The fourth-order valence-corrected chi connectivity index (χ4v) is 1.28. The van der Waals surface area contributed by atoms with Gasteiger partial charge < -0.3 is 30.6 Å². The van der Waals surface area contributed by atoms with Crippen molar-refractivity contribution < 1.29 is 30.6 Å². The molecule has 0 atom stereocenters. The van der Waals surface area contributed by atoms with Gasteiger partial charge in [0.1, 0.15) is 0 Å². The van der Waals surface area contributed by atoms with E-state index in [0.717, 1.165) is 38.5 Å². The lowest BCUT2D eigenvalue weighted by Gasteiger charge is -2.20. The molecule has 0 radical (unpaired) electrons. The molecule has 0 spiro atoms. The number of unbranched alkanes of at least 4 members (excludes halogenated alkanes) is 1. The standard InChI is InChI=1S/C6H12O2.C4H10O2.C2H6O2/c7-5-1-2-6(8)4-3-5;5-3-1-2-4-6;3-1-2-4/h5-8H,1-4H2;5-6H,1-4H2;3-4H,1-2H2. The molecule has 0 aromatic rings. The van der Waals surface area contributed by atoms with Crippen molar-refractivity contribution in [3.05, 3.63) is 0 Å². The van der Waals surface area contributed by atoms with Gasteiger partial charge in [0.25, 0.3) is 0 Å². The highest BCUT2D eigenvalue weighted by Crippen LogP contribution is 2.17. The number of aliphatic hydroxyl groups is 6. The molecule has 112 valence electrons. The number of hydrogen-bond donors (Lipinski definition) is 6. The van der Waals surface area contributed by atoms with Crippen molar-refractivity contribution in [2.75, 3.05) is 26.4 Å². The van der Waals surface area contributed by atoms with Crippen LogP contribution in [0.25, 0.3) is 0 Å². The van der Waals surface area contributed by atoms with Crippen molar-refractivity contribution in [2.24, 2.45) is 0 Å². The fourth-order valence-electron chi connectivity index (χ4n) is 1.28. The lowest BCUT2D eigenvalue weighted by atomic mass is 9.95. The molecule has 0 amide bonds. The lowest BCUT2D eigenvalue weighted by Crippen LogP contribution is -2.21. The van der Waals surface area contributed by atoms with E-state index >= 15 is 0 Å². The average molecular weight is 268 g/mol. The van der Waals surface area contributed by atoms with E-state index in [0.29, 0.717) is 0 Å². The molecule has 1 saturated carbocycles. The van der Waals surface area contributed by atoms with Crippen LogP contribution >= 0.6 is 0 Å². The minimum Gasteiger partial charge on any atom is -0.396 e. The molecule has 1 fully saturated rings. The Balaban J connectivity index is 0. The third-order valence-corrected chi connectivity index (χ3v) is 2.33. The summed E-state index contributed by atoms with van der Waals surface area (Å²) in [6.07, 6.45) is 4.27. The molecular formula is C12H28O6. The van der Waals surface area contributed by atoms with Gasteiger partial charge >= 0.3 is 0 Å². The second kappa shape index (κ2) is 16.8. The lowest BCUT2D eigenvalue weighted by molar-refractivity contribution is 0.0541. The van der Waals surface area contributed by atoms with Gasteiger partial charge in [-0.05, 0) is 38.5 Å². The summed E-state index contributed by atoms with van der Waals surface area (Å²) in [7, 11) is 0. The molecule has 0 aromatic heterocycles. The first-order chi connectivity index (χ1) is 8.62. The van der Waals surface area contributed by atoms with Crippen LogP contribution in [0.15, 0.2) is 0 Å². The van der Waals surface area contributed by atoms with Crippen molar-refractivity contribution in [2.45, 2.75) is 50.7 Å². The molecule has 1 aliphatic rings. The van der Waals surface area contributed by atoms with Crippen molar-refractivity contribution >= 4 is 0 Å². The van der Waals surface area contributed by atoms with Gasteiger partial charge in [0.2, 0.25) is 0 Å². The molecule has 18 heavy (non-hydrogen) atoms. The first-order valence-electron chi connectivity index (χ1n) is 6.41. The Hall–Kier alpha value is -0.240. The molecule has 0 bridgehead atoms. The second-order valence-electron chi connectivity index (χ2n) is 4.06. The van der Waals surface area contributed by atoms with Gasteiger partial charge in [-0.1, -0.05) is 0 Å². The maximum Gasteiger partial charge on any atom is 0.0662 e. The summed E-state index contributed by atoms with van der Waals surface area (Å²) in [5.41, 5.74) is 0. The fraction of sp³-hybridized carbons (Fsp3) is 1.00. The molecule has 0 saturated heterocycles. The summed E-state index contributed by atoms with van der Waals surface area (Å²) >= 11 is 0. The Morgan fingerprint density at radius 2 is 0.833 bits per heavy atom. The zero-order chi connectivity index (χ0) is 14.2. The molecule has 6 nitrogen and oxygen atoms in total. The van der Waals surface area contributed by atoms with Crippen molar-refractivity contribution in [1.29, 1.82) is 0 Å². The van der Waals surface area contributed by atoms with E-state index in [2.05, 4.69) is 0 Å². The van der Waals surface area contributed by atoms with Gasteiger partial charge in [0.15, 0.2) is 0 Å².